The van der Waals surface area contributed by atoms with E-state index in [9.17, 15) is 0 Å². The van der Waals surface area contributed by atoms with Crippen molar-refractivity contribution in [3.05, 3.63) is 44.2 Å². The minimum absolute atomic E-state index is 0.580. The van der Waals surface area contributed by atoms with Gasteiger partial charge in [-0.25, -0.2) is 9.97 Å². The van der Waals surface area contributed by atoms with E-state index in [2.05, 4.69) is 16.9 Å². The summed E-state index contributed by atoms with van der Waals surface area (Å²) < 4.78 is 0. The summed E-state index contributed by atoms with van der Waals surface area (Å²) in [4.78, 5) is 13.9. The Kier molecular flexibility index (Phi) is 4.81. The van der Waals surface area contributed by atoms with Crippen LogP contribution in [0.2, 0.25) is 10.0 Å². The van der Waals surface area contributed by atoms with E-state index in [0.29, 0.717) is 26.8 Å². The largest absolute Gasteiger partial charge is 0.383 e. The summed E-state index contributed by atoms with van der Waals surface area (Å²) in [5.74, 6) is 1.26. The van der Waals surface area contributed by atoms with E-state index in [4.69, 9.17) is 33.9 Å². The van der Waals surface area contributed by atoms with Gasteiger partial charge in [-0.05, 0) is 36.7 Å². The molecule has 0 saturated carbocycles. The van der Waals surface area contributed by atoms with E-state index >= 15 is 0 Å². The molecule has 2 aromatic heterocycles. The molecule has 25 heavy (non-hydrogen) atoms. The number of hydrogen-bond donors (Lipinski definition) is 1. The molecule has 0 amide bonds. The lowest BCUT2D eigenvalue weighted by Gasteiger charge is -2.22. The van der Waals surface area contributed by atoms with Crippen LogP contribution in [-0.2, 0) is 18.7 Å². The summed E-state index contributed by atoms with van der Waals surface area (Å²) in [5, 5.41) is 3.02. The van der Waals surface area contributed by atoms with Crippen LogP contribution >= 0.6 is 46.3 Å². The van der Waals surface area contributed by atoms with Crippen molar-refractivity contribution in [2.45, 2.75) is 23.9 Å². The Labute approximate surface area is 164 Å². The van der Waals surface area contributed by atoms with Crippen LogP contribution in [0.5, 0.6) is 0 Å². The fourth-order valence-electron chi connectivity index (χ4n) is 2.98. The van der Waals surface area contributed by atoms with Crippen LogP contribution < -0.4 is 5.73 Å². The lowest BCUT2D eigenvalue weighted by Crippen LogP contribution is -2.25. The second kappa shape index (κ2) is 6.93. The number of thioether (sulfide) groups is 1. The highest BCUT2D eigenvalue weighted by atomic mass is 35.5. The van der Waals surface area contributed by atoms with Gasteiger partial charge in [-0.1, -0.05) is 41.0 Å². The van der Waals surface area contributed by atoms with Gasteiger partial charge in [0.2, 0.25) is 0 Å². The van der Waals surface area contributed by atoms with E-state index in [1.54, 1.807) is 17.4 Å². The molecule has 0 aliphatic carbocycles. The van der Waals surface area contributed by atoms with Crippen molar-refractivity contribution < 1.29 is 0 Å². The van der Waals surface area contributed by atoms with E-state index < -0.39 is 0 Å². The van der Waals surface area contributed by atoms with Crippen molar-refractivity contribution in [2.24, 2.45) is 0 Å². The molecule has 0 saturated heterocycles. The van der Waals surface area contributed by atoms with Crippen molar-refractivity contribution >= 4 is 62.3 Å². The molecule has 0 radical (unpaired) electrons. The topological polar surface area (TPSA) is 55.0 Å². The predicted octanol–water partition coefficient (Wildman–Crippen LogP) is 4.86. The quantitative estimate of drug-likeness (QED) is 0.493. The molecule has 8 heteroatoms. The van der Waals surface area contributed by atoms with Gasteiger partial charge in [-0.2, -0.15) is 0 Å². The van der Waals surface area contributed by atoms with E-state index in [0.717, 1.165) is 35.3 Å². The molecule has 0 bridgehead atoms. The van der Waals surface area contributed by atoms with Gasteiger partial charge < -0.3 is 10.6 Å². The van der Waals surface area contributed by atoms with E-state index in [1.165, 1.54) is 22.2 Å². The summed E-state index contributed by atoms with van der Waals surface area (Å²) in [7, 11) is 2.14. The maximum atomic E-state index is 6.26. The molecule has 4 rings (SSSR count). The second-order valence-electron chi connectivity index (χ2n) is 6.09. The maximum absolute atomic E-state index is 6.26. The number of nitrogens with zero attached hydrogens (tertiary/aromatic N) is 3. The number of fused-ring (bicyclic) bond motifs is 3. The highest BCUT2D eigenvalue weighted by molar-refractivity contribution is 7.98. The Morgan fingerprint density at radius 1 is 1.32 bits per heavy atom. The van der Waals surface area contributed by atoms with Gasteiger partial charge in [-0.15, -0.1) is 11.3 Å². The molecule has 2 N–H and O–H groups in total. The smallest absolute Gasteiger partial charge is 0.191 e. The number of likely N-dealkylation sites (N-methyl/N-ethyl adjacent to an activating group) is 1. The van der Waals surface area contributed by atoms with Gasteiger partial charge in [0.05, 0.1) is 5.39 Å². The zero-order valence-corrected chi connectivity index (χ0v) is 16.7. The average molecular weight is 411 g/mol. The summed E-state index contributed by atoms with van der Waals surface area (Å²) in [6, 6.07) is 5.52. The Morgan fingerprint density at radius 3 is 2.96 bits per heavy atom. The van der Waals surface area contributed by atoms with Crippen LogP contribution in [0, 0.1) is 0 Å². The monoisotopic (exact) mass is 410 g/mol. The Hall–Kier alpha value is -1.05. The number of nitrogens with two attached hydrogens (primary N) is 1. The lowest BCUT2D eigenvalue weighted by atomic mass is 10.1. The Bertz CT molecular complexity index is 957. The molecule has 1 aliphatic heterocycles. The molecule has 4 nitrogen and oxygen atoms in total. The van der Waals surface area contributed by atoms with Crippen LogP contribution in [0.1, 0.15) is 16.0 Å². The van der Waals surface area contributed by atoms with Crippen molar-refractivity contribution in [1.29, 1.82) is 0 Å². The highest BCUT2D eigenvalue weighted by Crippen LogP contribution is 2.38. The number of hydrogen-bond acceptors (Lipinski definition) is 6. The normalized spacial score (nSPS) is 14.8. The molecular weight excluding hydrogens is 395 g/mol. The van der Waals surface area contributed by atoms with Gasteiger partial charge >= 0.3 is 0 Å². The molecule has 3 aromatic rings. The summed E-state index contributed by atoms with van der Waals surface area (Å²) in [5.41, 5.74) is 8.60. The molecule has 1 aliphatic rings. The van der Waals surface area contributed by atoms with Crippen LogP contribution in [0.15, 0.2) is 23.4 Å². The third kappa shape index (κ3) is 3.46. The first-order valence-corrected chi connectivity index (χ1v) is 10.4. The van der Waals surface area contributed by atoms with Crippen LogP contribution in [0.25, 0.3) is 10.2 Å². The fraction of sp³-hybridized carbons (Fsp3) is 0.294. The molecule has 130 valence electrons. The number of thiophene rings is 1. The van der Waals surface area contributed by atoms with Gasteiger partial charge in [0.1, 0.15) is 10.6 Å². The number of halogens is 2. The second-order valence-corrected chi connectivity index (χ2v) is 8.96. The third-order valence-electron chi connectivity index (χ3n) is 4.27. The molecular formula is C17H16Cl2N4S2. The van der Waals surface area contributed by atoms with Crippen molar-refractivity contribution in [3.63, 3.8) is 0 Å². The van der Waals surface area contributed by atoms with Crippen LogP contribution in [0.4, 0.5) is 5.82 Å². The molecule has 0 atom stereocenters. The Morgan fingerprint density at radius 2 is 2.16 bits per heavy atom. The van der Waals surface area contributed by atoms with Crippen LogP contribution in [0.3, 0.4) is 0 Å². The van der Waals surface area contributed by atoms with Crippen molar-refractivity contribution in [1.82, 2.24) is 14.9 Å². The van der Waals surface area contributed by atoms with Gasteiger partial charge in [0.15, 0.2) is 5.16 Å². The fourth-order valence-corrected chi connectivity index (χ4v) is 5.75. The zero-order chi connectivity index (χ0) is 17.6. The molecule has 0 fully saturated rings. The van der Waals surface area contributed by atoms with Gasteiger partial charge in [0.25, 0.3) is 0 Å². The molecule has 0 unspecified atom stereocenters. The SMILES string of the molecule is CN1CCc2c(sc3nc(SCc4ccc(Cl)cc4Cl)nc(N)c23)C1. The van der Waals surface area contributed by atoms with E-state index in [1.807, 2.05) is 12.1 Å². The summed E-state index contributed by atoms with van der Waals surface area (Å²) in [6.07, 6.45) is 1.01. The first kappa shape index (κ1) is 17.4. The number of rotatable bonds is 3. The summed E-state index contributed by atoms with van der Waals surface area (Å²) in [6.45, 7) is 2.00. The maximum Gasteiger partial charge on any atom is 0.191 e. The molecule has 1 aromatic carbocycles. The van der Waals surface area contributed by atoms with Crippen molar-refractivity contribution in [2.75, 3.05) is 19.3 Å². The highest BCUT2D eigenvalue weighted by Gasteiger charge is 2.22. The number of nitrogen functional groups attached to an aromatic ring is 1. The summed E-state index contributed by atoms with van der Waals surface area (Å²) >= 11 is 15.4. The minimum atomic E-state index is 0.580. The van der Waals surface area contributed by atoms with Crippen LogP contribution in [-0.4, -0.2) is 28.5 Å². The molecule has 0 spiro atoms. The third-order valence-corrected chi connectivity index (χ3v) is 6.86. The lowest BCUT2D eigenvalue weighted by molar-refractivity contribution is 0.318. The Balaban J connectivity index is 1.62. The minimum Gasteiger partial charge on any atom is -0.383 e. The number of anilines is 1. The van der Waals surface area contributed by atoms with Gasteiger partial charge in [0, 0.05) is 33.8 Å². The average Bonchev–Trinajstić information content (AvgIpc) is 2.91. The number of benzene rings is 1. The first-order valence-electron chi connectivity index (χ1n) is 7.84. The molecule has 3 heterocycles. The number of aromatic nitrogens is 2. The van der Waals surface area contributed by atoms with Crippen molar-refractivity contribution in [3.8, 4) is 0 Å². The standard InChI is InChI=1S/C17H16Cl2N4S2/c1-23-5-4-11-13(7-23)25-16-14(11)15(20)21-17(22-16)24-8-9-2-3-10(18)6-12(9)19/h2-3,6H,4-5,7-8H2,1H3,(H2,20,21,22). The van der Waals surface area contributed by atoms with Gasteiger partial charge in [-0.3, -0.25) is 0 Å². The predicted molar refractivity (Wildman–Crippen MR) is 108 cm³/mol. The first-order chi connectivity index (χ1) is 12.0. The van der Waals surface area contributed by atoms with E-state index in [-0.39, 0.29) is 0 Å². The zero-order valence-electron chi connectivity index (χ0n) is 13.6.